The second-order valence-electron chi connectivity index (χ2n) is 5.00. The first-order valence-corrected chi connectivity index (χ1v) is 8.28. The number of hydrogen-bond acceptors (Lipinski definition) is 6. The second kappa shape index (κ2) is 8.88. The topological polar surface area (TPSA) is 114 Å². The number of benzene rings is 1. The van der Waals surface area contributed by atoms with E-state index in [4.69, 9.17) is 4.74 Å². The van der Waals surface area contributed by atoms with E-state index in [0.717, 1.165) is 4.90 Å². The Kier molecular flexibility index (Phi) is 6.58. The van der Waals surface area contributed by atoms with Gasteiger partial charge in [0, 0.05) is 11.4 Å². The first kappa shape index (κ1) is 18.5. The third-order valence-corrected chi connectivity index (χ3v) is 4.36. The molecule has 0 fully saturated rings. The minimum atomic E-state index is -0.763. The summed E-state index contributed by atoms with van der Waals surface area (Å²) in [5, 5.41) is 6.42. The summed E-state index contributed by atoms with van der Waals surface area (Å²) in [4.78, 5) is 47.4. The van der Waals surface area contributed by atoms with Gasteiger partial charge in [-0.3, -0.25) is 19.7 Å². The van der Waals surface area contributed by atoms with Gasteiger partial charge in [-0.05, 0) is 12.1 Å². The molecule has 0 spiro atoms. The van der Waals surface area contributed by atoms with Gasteiger partial charge in [-0.1, -0.05) is 18.2 Å². The maximum atomic E-state index is 12.0. The van der Waals surface area contributed by atoms with Crippen LogP contribution in [0.15, 0.2) is 41.8 Å². The van der Waals surface area contributed by atoms with Crippen molar-refractivity contribution in [2.45, 2.75) is 16.6 Å². The minimum Gasteiger partial charge on any atom is -0.456 e. The summed E-state index contributed by atoms with van der Waals surface area (Å²) in [5.41, 5.74) is 0.701. The zero-order valence-corrected chi connectivity index (χ0v) is 14.1. The Hall–Kier alpha value is -2.81. The molecule has 9 heteroatoms. The standard InChI is InChI=1S/C16H17N3O5S/c1-2-7-17-16(23)19-13(20)9-24-14(21)8-12-15(22)18-10-5-3-4-6-11(10)25-12/h2-6,12H,1,7-9H2,(H,18,22)(H2,17,19,20,23)/t12-/m1/s1. The highest BCUT2D eigenvalue weighted by atomic mass is 32.2. The lowest BCUT2D eigenvalue weighted by Gasteiger charge is -2.23. The first-order chi connectivity index (χ1) is 12.0. The van der Waals surface area contributed by atoms with Crippen LogP contribution in [0.3, 0.4) is 0 Å². The molecule has 132 valence electrons. The van der Waals surface area contributed by atoms with Crippen molar-refractivity contribution in [3.8, 4) is 0 Å². The minimum absolute atomic E-state index is 0.180. The molecule has 2 rings (SSSR count). The van der Waals surface area contributed by atoms with E-state index < -0.39 is 29.8 Å². The van der Waals surface area contributed by atoms with Crippen molar-refractivity contribution in [2.24, 2.45) is 0 Å². The summed E-state index contributed by atoms with van der Waals surface area (Å²) < 4.78 is 4.80. The Morgan fingerprint density at radius 2 is 2.08 bits per heavy atom. The van der Waals surface area contributed by atoms with Crippen LogP contribution in [0.4, 0.5) is 10.5 Å². The molecule has 0 saturated carbocycles. The fraction of sp³-hybridized carbons (Fsp3) is 0.250. The monoisotopic (exact) mass is 363 g/mol. The van der Waals surface area contributed by atoms with Crippen molar-refractivity contribution in [3.05, 3.63) is 36.9 Å². The van der Waals surface area contributed by atoms with Gasteiger partial charge in [0.15, 0.2) is 6.61 Å². The number of ether oxygens (including phenoxy) is 1. The smallest absolute Gasteiger partial charge is 0.321 e. The Morgan fingerprint density at radius 1 is 1.32 bits per heavy atom. The maximum Gasteiger partial charge on any atom is 0.321 e. The van der Waals surface area contributed by atoms with Crippen LogP contribution in [0.2, 0.25) is 0 Å². The average Bonchev–Trinajstić information content (AvgIpc) is 2.59. The van der Waals surface area contributed by atoms with E-state index in [0.29, 0.717) is 5.69 Å². The molecule has 1 heterocycles. The number of thioether (sulfide) groups is 1. The highest BCUT2D eigenvalue weighted by molar-refractivity contribution is 8.01. The van der Waals surface area contributed by atoms with Gasteiger partial charge in [-0.25, -0.2) is 4.79 Å². The van der Waals surface area contributed by atoms with Crippen LogP contribution in [0.1, 0.15) is 6.42 Å². The molecule has 1 aromatic rings. The van der Waals surface area contributed by atoms with Gasteiger partial charge in [-0.15, -0.1) is 18.3 Å². The first-order valence-electron chi connectivity index (χ1n) is 7.40. The Bertz CT molecular complexity index is 707. The van der Waals surface area contributed by atoms with Gasteiger partial charge >= 0.3 is 12.0 Å². The van der Waals surface area contributed by atoms with Crippen molar-refractivity contribution in [1.82, 2.24) is 10.6 Å². The van der Waals surface area contributed by atoms with Crippen molar-refractivity contribution >= 4 is 41.3 Å². The Morgan fingerprint density at radius 3 is 2.84 bits per heavy atom. The van der Waals surface area contributed by atoms with E-state index >= 15 is 0 Å². The summed E-state index contributed by atoms with van der Waals surface area (Å²) in [6.45, 7) is 3.02. The number of hydrogen-bond donors (Lipinski definition) is 3. The number of carbonyl (C=O) groups excluding carboxylic acids is 4. The number of rotatable bonds is 6. The number of para-hydroxylation sites is 1. The molecule has 1 aromatic carbocycles. The lowest BCUT2D eigenvalue weighted by atomic mass is 10.2. The van der Waals surface area contributed by atoms with E-state index in [9.17, 15) is 19.2 Å². The molecule has 0 saturated heterocycles. The SMILES string of the molecule is C=CCNC(=O)NC(=O)COC(=O)C[C@H]1Sc2ccccc2NC1=O. The van der Waals surface area contributed by atoms with Gasteiger partial charge in [0.05, 0.1) is 17.4 Å². The van der Waals surface area contributed by atoms with Gasteiger partial charge in [-0.2, -0.15) is 0 Å². The summed E-state index contributed by atoms with van der Waals surface area (Å²) in [6.07, 6.45) is 1.27. The van der Waals surface area contributed by atoms with Crippen molar-refractivity contribution < 1.29 is 23.9 Å². The number of anilines is 1. The van der Waals surface area contributed by atoms with Crippen LogP contribution in [-0.2, 0) is 19.1 Å². The van der Waals surface area contributed by atoms with Crippen molar-refractivity contribution in [3.63, 3.8) is 0 Å². The number of nitrogens with one attached hydrogen (secondary N) is 3. The van der Waals surface area contributed by atoms with Crippen LogP contribution in [0, 0.1) is 0 Å². The predicted octanol–water partition coefficient (Wildman–Crippen LogP) is 1.04. The normalized spacial score (nSPS) is 15.4. The lowest BCUT2D eigenvalue weighted by Crippen LogP contribution is -2.41. The molecular weight excluding hydrogens is 346 g/mol. The molecule has 0 aromatic heterocycles. The molecule has 0 aliphatic carbocycles. The Balaban J connectivity index is 1.77. The van der Waals surface area contributed by atoms with Gasteiger partial charge in [0.25, 0.3) is 5.91 Å². The van der Waals surface area contributed by atoms with Crippen LogP contribution in [0.25, 0.3) is 0 Å². The van der Waals surface area contributed by atoms with Gasteiger partial charge in [0.2, 0.25) is 5.91 Å². The molecule has 1 aliphatic rings. The number of fused-ring (bicyclic) bond motifs is 1. The zero-order chi connectivity index (χ0) is 18.2. The van der Waals surface area contributed by atoms with Crippen LogP contribution in [-0.4, -0.2) is 42.2 Å². The maximum absolute atomic E-state index is 12.0. The number of carbonyl (C=O) groups is 4. The fourth-order valence-electron chi connectivity index (χ4n) is 1.96. The average molecular weight is 363 g/mol. The number of imide groups is 1. The largest absolute Gasteiger partial charge is 0.456 e. The fourth-order valence-corrected chi connectivity index (χ4v) is 3.05. The van der Waals surface area contributed by atoms with E-state index in [1.54, 1.807) is 12.1 Å². The summed E-state index contributed by atoms with van der Waals surface area (Å²) in [5.74, 6) is -1.76. The van der Waals surface area contributed by atoms with Crippen LogP contribution in [0.5, 0.6) is 0 Å². The quantitative estimate of drug-likeness (QED) is 0.514. The molecule has 3 N–H and O–H groups in total. The zero-order valence-electron chi connectivity index (χ0n) is 13.2. The van der Waals surface area contributed by atoms with Gasteiger partial charge in [0.1, 0.15) is 0 Å². The number of urea groups is 1. The van der Waals surface area contributed by atoms with E-state index in [1.807, 2.05) is 17.4 Å². The van der Waals surface area contributed by atoms with E-state index in [2.05, 4.69) is 17.2 Å². The third kappa shape index (κ3) is 5.64. The highest BCUT2D eigenvalue weighted by Gasteiger charge is 2.29. The predicted molar refractivity (Wildman–Crippen MR) is 92.0 cm³/mol. The molecule has 1 aliphatic heterocycles. The molecule has 1 atom stereocenters. The van der Waals surface area contributed by atoms with Crippen molar-refractivity contribution in [2.75, 3.05) is 18.5 Å². The highest BCUT2D eigenvalue weighted by Crippen LogP contribution is 2.36. The third-order valence-electron chi connectivity index (χ3n) is 3.08. The van der Waals surface area contributed by atoms with Gasteiger partial charge < -0.3 is 15.4 Å². The van der Waals surface area contributed by atoms with Crippen LogP contribution >= 0.6 is 11.8 Å². The second-order valence-corrected chi connectivity index (χ2v) is 6.25. The molecular formula is C16H17N3O5S. The molecule has 0 bridgehead atoms. The summed E-state index contributed by atoms with van der Waals surface area (Å²) in [7, 11) is 0. The van der Waals surface area contributed by atoms with E-state index in [1.165, 1.54) is 17.8 Å². The molecule has 25 heavy (non-hydrogen) atoms. The molecule has 0 unspecified atom stereocenters. The molecule has 0 radical (unpaired) electrons. The summed E-state index contributed by atoms with van der Waals surface area (Å²) in [6, 6.07) is 6.54. The molecule has 8 nitrogen and oxygen atoms in total. The van der Waals surface area contributed by atoms with E-state index in [-0.39, 0.29) is 18.9 Å². The lowest BCUT2D eigenvalue weighted by molar-refractivity contribution is -0.148. The number of amides is 4. The number of esters is 1. The Labute approximate surface area is 148 Å². The molecule has 4 amide bonds. The van der Waals surface area contributed by atoms with Crippen LogP contribution < -0.4 is 16.0 Å². The van der Waals surface area contributed by atoms with Crippen molar-refractivity contribution in [1.29, 1.82) is 0 Å². The summed E-state index contributed by atoms with van der Waals surface area (Å²) >= 11 is 1.26.